The summed E-state index contributed by atoms with van der Waals surface area (Å²) in [6, 6.07) is 0.715. The molecule has 0 aliphatic carbocycles. The van der Waals surface area contributed by atoms with Crippen molar-refractivity contribution in [2.75, 3.05) is 19.0 Å². The van der Waals surface area contributed by atoms with E-state index in [-0.39, 0.29) is 0 Å². The van der Waals surface area contributed by atoms with Gasteiger partial charge in [0.25, 0.3) is 0 Å². The van der Waals surface area contributed by atoms with E-state index in [0.29, 0.717) is 6.04 Å². The Morgan fingerprint density at radius 1 is 1.86 bits per heavy atom. The molecule has 0 amide bonds. The van der Waals surface area contributed by atoms with Gasteiger partial charge in [0.1, 0.15) is 0 Å². The predicted molar refractivity (Wildman–Crippen MR) is 31.8 cm³/mol. The minimum Gasteiger partial charge on any atom is -0.297 e. The van der Waals surface area contributed by atoms with Gasteiger partial charge in [0.2, 0.25) is 0 Å². The highest BCUT2D eigenvalue weighted by molar-refractivity contribution is 6.18. The van der Waals surface area contributed by atoms with E-state index in [2.05, 4.69) is 11.8 Å². The van der Waals surface area contributed by atoms with Crippen LogP contribution in [0.25, 0.3) is 0 Å². The fourth-order valence-corrected chi connectivity index (χ4v) is 1.05. The van der Waals surface area contributed by atoms with Crippen molar-refractivity contribution in [2.45, 2.75) is 13.0 Å². The van der Waals surface area contributed by atoms with Gasteiger partial charge >= 0.3 is 0 Å². The third-order valence-corrected chi connectivity index (χ3v) is 1.77. The zero-order valence-corrected chi connectivity index (χ0v) is 5.28. The van der Waals surface area contributed by atoms with Crippen molar-refractivity contribution in [3.8, 4) is 0 Å². The lowest BCUT2D eigenvalue weighted by Crippen LogP contribution is -2.00. The molecule has 2 atom stereocenters. The maximum Gasteiger partial charge on any atom is 0.0392 e. The largest absolute Gasteiger partial charge is 0.297 e. The van der Waals surface area contributed by atoms with Crippen LogP contribution >= 0.6 is 11.6 Å². The molecule has 1 saturated heterocycles. The molecule has 1 fully saturated rings. The van der Waals surface area contributed by atoms with E-state index in [1.807, 2.05) is 0 Å². The van der Waals surface area contributed by atoms with Crippen molar-refractivity contribution >= 4 is 11.6 Å². The number of halogens is 1. The summed E-state index contributed by atoms with van der Waals surface area (Å²) in [5.41, 5.74) is 0. The highest BCUT2D eigenvalue weighted by Crippen LogP contribution is 2.16. The van der Waals surface area contributed by atoms with Gasteiger partial charge in [-0.05, 0) is 6.54 Å². The van der Waals surface area contributed by atoms with Gasteiger partial charge in [-0.3, -0.25) is 4.90 Å². The topological polar surface area (TPSA) is 3.01 Å². The van der Waals surface area contributed by atoms with Crippen molar-refractivity contribution in [3.05, 3.63) is 0 Å². The summed E-state index contributed by atoms with van der Waals surface area (Å²) in [6.45, 7) is 4.55. The first-order chi connectivity index (χ1) is 3.38. The quantitative estimate of drug-likeness (QED) is 0.386. The highest BCUT2D eigenvalue weighted by Gasteiger charge is 2.30. The maximum atomic E-state index is 5.53. The molecule has 0 radical (unpaired) electrons. The van der Waals surface area contributed by atoms with Crippen molar-refractivity contribution < 1.29 is 0 Å². The first-order valence-corrected chi connectivity index (χ1v) is 3.22. The lowest BCUT2D eigenvalue weighted by atomic mass is 10.6. The minimum atomic E-state index is 0.715. The van der Waals surface area contributed by atoms with Gasteiger partial charge in [0.05, 0.1) is 0 Å². The normalized spacial score (nSPS) is 38.6. The molecule has 1 heterocycles. The van der Waals surface area contributed by atoms with Crippen LogP contribution < -0.4 is 0 Å². The van der Waals surface area contributed by atoms with Crippen LogP contribution in [0.1, 0.15) is 6.92 Å². The number of likely N-dealkylation sites (N-methyl/N-ethyl adjacent to an activating group) is 1. The molecule has 0 aromatic rings. The van der Waals surface area contributed by atoms with Gasteiger partial charge in [-0.2, -0.15) is 0 Å². The number of hydrogen-bond donors (Lipinski definition) is 0. The molecule has 0 aromatic heterocycles. The third kappa shape index (κ3) is 1.07. The lowest BCUT2D eigenvalue weighted by molar-refractivity contribution is 0.551. The third-order valence-electron chi connectivity index (χ3n) is 1.41. The van der Waals surface area contributed by atoms with E-state index < -0.39 is 0 Å². The van der Waals surface area contributed by atoms with E-state index in [1.165, 1.54) is 6.54 Å². The molecular formula is C5H10ClN. The number of alkyl halides is 1. The SMILES string of the molecule is CCN1C[C@H]1CCl. The van der Waals surface area contributed by atoms with Crippen LogP contribution in [0.3, 0.4) is 0 Å². The van der Waals surface area contributed by atoms with Crippen LogP contribution in [0.4, 0.5) is 0 Å². The summed E-state index contributed by atoms with van der Waals surface area (Å²) in [5.74, 6) is 0.813. The van der Waals surface area contributed by atoms with Crippen LogP contribution in [0.5, 0.6) is 0 Å². The first kappa shape index (κ1) is 5.39. The van der Waals surface area contributed by atoms with Crippen LogP contribution in [0.15, 0.2) is 0 Å². The van der Waals surface area contributed by atoms with E-state index in [9.17, 15) is 0 Å². The Morgan fingerprint density at radius 3 is 2.71 bits per heavy atom. The van der Waals surface area contributed by atoms with E-state index >= 15 is 0 Å². The zero-order chi connectivity index (χ0) is 5.28. The maximum absolute atomic E-state index is 5.53. The molecule has 0 N–H and O–H groups in total. The summed E-state index contributed by atoms with van der Waals surface area (Å²) >= 11 is 5.53. The van der Waals surface area contributed by atoms with Crippen molar-refractivity contribution in [1.82, 2.24) is 4.90 Å². The number of hydrogen-bond acceptors (Lipinski definition) is 1. The Morgan fingerprint density at radius 2 is 2.57 bits per heavy atom. The molecule has 0 aromatic carbocycles. The monoisotopic (exact) mass is 119 g/mol. The Balaban J connectivity index is 2.06. The molecule has 1 aliphatic rings. The van der Waals surface area contributed by atoms with Crippen molar-refractivity contribution in [1.29, 1.82) is 0 Å². The van der Waals surface area contributed by atoms with Gasteiger partial charge in [-0.25, -0.2) is 0 Å². The van der Waals surface area contributed by atoms with Crippen LogP contribution in [-0.4, -0.2) is 29.9 Å². The lowest BCUT2D eigenvalue weighted by Gasteiger charge is -1.90. The predicted octanol–water partition coefficient (Wildman–Crippen LogP) is 0.929. The molecule has 42 valence electrons. The Hall–Kier alpha value is 0.250. The number of rotatable bonds is 2. The van der Waals surface area contributed by atoms with E-state index in [1.54, 1.807) is 0 Å². The molecule has 0 spiro atoms. The summed E-state index contributed by atoms with van der Waals surface area (Å²) in [7, 11) is 0. The molecule has 1 unspecified atom stereocenters. The summed E-state index contributed by atoms with van der Waals surface area (Å²) in [5, 5.41) is 0. The summed E-state index contributed by atoms with van der Waals surface area (Å²) in [6.07, 6.45) is 0. The molecule has 1 nitrogen and oxygen atoms in total. The highest BCUT2D eigenvalue weighted by atomic mass is 35.5. The van der Waals surface area contributed by atoms with Gasteiger partial charge < -0.3 is 0 Å². The van der Waals surface area contributed by atoms with E-state index in [4.69, 9.17) is 11.6 Å². The molecule has 1 aliphatic heterocycles. The van der Waals surface area contributed by atoms with Crippen molar-refractivity contribution in [2.24, 2.45) is 0 Å². The molecule has 0 saturated carbocycles. The Kier molecular flexibility index (Phi) is 1.55. The average Bonchev–Trinajstić information content (AvgIpc) is 2.43. The molecule has 2 heteroatoms. The van der Waals surface area contributed by atoms with Crippen molar-refractivity contribution in [3.63, 3.8) is 0 Å². The molecule has 1 rings (SSSR count). The summed E-state index contributed by atoms with van der Waals surface area (Å²) < 4.78 is 0. The van der Waals surface area contributed by atoms with Gasteiger partial charge in [0, 0.05) is 18.5 Å². The molecular weight excluding hydrogens is 110 g/mol. The second kappa shape index (κ2) is 2.01. The van der Waals surface area contributed by atoms with Gasteiger partial charge in [-0.1, -0.05) is 6.92 Å². The molecule has 0 bridgehead atoms. The smallest absolute Gasteiger partial charge is 0.0392 e. The van der Waals surface area contributed by atoms with Gasteiger partial charge in [-0.15, -0.1) is 11.6 Å². The Labute approximate surface area is 49.3 Å². The fraction of sp³-hybridized carbons (Fsp3) is 1.00. The fourth-order valence-electron chi connectivity index (χ4n) is 0.757. The molecule has 7 heavy (non-hydrogen) atoms. The van der Waals surface area contributed by atoms with Crippen LogP contribution in [0, 0.1) is 0 Å². The van der Waals surface area contributed by atoms with Crippen LogP contribution in [-0.2, 0) is 0 Å². The Bertz CT molecular complexity index is 57.1. The van der Waals surface area contributed by atoms with Crippen LogP contribution in [0.2, 0.25) is 0 Å². The average molecular weight is 120 g/mol. The zero-order valence-electron chi connectivity index (χ0n) is 4.52. The van der Waals surface area contributed by atoms with E-state index in [0.717, 1.165) is 12.4 Å². The second-order valence-corrected chi connectivity index (χ2v) is 2.20. The second-order valence-electron chi connectivity index (χ2n) is 1.90. The standard InChI is InChI=1S/C5H10ClN/c1-2-7-4-5(7)3-6/h5H,2-4H2,1H3/t5-,7?/m1/s1. The first-order valence-electron chi connectivity index (χ1n) is 2.68. The van der Waals surface area contributed by atoms with Gasteiger partial charge in [0.15, 0.2) is 0 Å². The summed E-state index contributed by atoms with van der Waals surface area (Å²) in [4.78, 5) is 2.34. The number of nitrogens with zero attached hydrogens (tertiary/aromatic N) is 1. The minimum absolute atomic E-state index is 0.715.